The van der Waals surface area contributed by atoms with Gasteiger partial charge in [-0.15, -0.1) is 11.3 Å². The van der Waals surface area contributed by atoms with Crippen LogP contribution in [0.15, 0.2) is 35.7 Å². The molecule has 4 rings (SSSR count). The fraction of sp³-hybridized carbons (Fsp3) is 0.471. The maximum Gasteiger partial charge on any atom is 0.123 e. The van der Waals surface area contributed by atoms with E-state index in [0.29, 0.717) is 6.04 Å². The third kappa shape index (κ3) is 2.89. The van der Waals surface area contributed by atoms with E-state index < -0.39 is 0 Å². The Labute approximate surface area is 130 Å². The first-order valence-corrected chi connectivity index (χ1v) is 8.72. The molecule has 0 saturated carbocycles. The van der Waals surface area contributed by atoms with E-state index in [0.717, 1.165) is 17.5 Å². The number of fused-ring (bicyclic) bond motifs is 1. The predicted molar refractivity (Wildman–Crippen MR) is 87.3 cm³/mol. The third-order valence-electron chi connectivity index (χ3n) is 4.63. The first-order valence-electron chi connectivity index (χ1n) is 7.84. The molecule has 1 aromatic heterocycles. The summed E-state index contributed by atoms with van der Waals surface area (Å²) < 4.78 is 0. The summed E-state index contributed by atoms with van der Waals surface area (Å²) in [6, 6.07) is 11.2. The normalized spacial score (nSPS) is 25.9. The summed E-state index contributed by atoms with van der Waals surface area (Å²) in [5.74, 6) is 0.853. The van der Waals surface area contributed by atoms with Crippen LogP contribution < -0.4 is 5.32 Å². The number of benzene rings is 1. The lowest BCUT2D eigenvalue weighted by atomic mass is 9.94. The van der Waals surface area contributed by atoms with E-state index in [1.807, 2.05) is 0 Å². The number of rotatable bonds is 3. The highest BCUT2D eigenvalue weighted by atomic mass is 32.1. The maximum absolute atomic E-state index is 4.82. The minimum atomic E-state index is 0.714. The molecule has 0 unspecified atom stereocenters. The van der Waals surface area contributed by atoms with Gasteiger partial charge in [-0.05, 0) is 25.3 Å². The number of piperidine rings is 1. The largest absolute Gasteiger partial charge is 0.312 e. The molecule has 3 nitrogen and oxygen atoms in total. The minimum Gasteiger partial charge on any atom is -0.312 e. The molecule has 2 saturated heterocycles. The molecule has 2 fully saturated rings. The Morgan fingerprint density at radius 3 is 3.00 bits per heavy atom. The fourth-order valence-corrected chi connectivity index (χ4v) is 4.40. The molecule has 2 aliphatic rings. The van der Waals surface area contributed by atoms with E-state index in [4.69, 9.17) is 4.98 Å². The van der Waals surface area contributed by atoms with Crippen molar-refractivity contribution in [3.05, 3.63) is 41.4 Å². The molecule has 0 bridgehead atoms. The maximum atomic E-state index is 4.82. The van der Waals surface area contributed by atoms with Crippen LogP contribution in [0.5, 0.6) is 0 Å². The first kappa shape index (κ1) is 13.4. The topological polar surface area (TPSA) is 28.2 Å². The van der Waals surface area contributed by atoms with Crippen LogP contribution in [0.2, 0.25) is 0 Å². The molecule has 2 aromatic rings. The lowest BCUT2D eigenvalue weighted by molar-refractivity contribution is 0.310. The number of likely N-dealkylation sites (tertiary alicyclic amines) is 1. The summed E-state index contributed by atoms with van der Waals surface area (Å²) in [5.41, 5.74) is 2.45. The second kappa shape index (κ2) is 5.87. The number of hydrogen-bond donors (Lipinski definition) is 1. The molecule has 4 heteroatoms. The van der Waals surface area contributed by atoms with E-state index in [-0.39, 0.29) is 0 Å². The summed E-state index contributed by atoms with van der Waals surface area (Å²) in [6.07, 6.45) is 2.73. The Bertz CT molecular complexity index is 581. The van der Waals surface area contributed by atoms with Crippen LogP contribution >= 0.6 is 11.3 Å². The highest BCUT2D eigenvalue weighted by molar-refractivity contribution is 7.13. The summed E-state index contributed by atoms with van der Waals surface area (Å²) in [7, 11) is 0. The molecule has 2 atom stereocenters. The number of thiazole rings is 1. The van der Waals surface area contributed by atoms with Crippen molar-refractivity contribution in [3.63, 3.8) is 0 Å². The molecular weight excluding hydrogens is 278 g/mol. The van der Waals surface area contributed by atoms with Crippen LogP contribution in [0.25, 0.3) is 10.6 Å². The van der Waals surface area contributed by atoms with Crippen molar-refractivity contribution in [2.45, 2.75) is 25.4 Å². The molecule has 1 aromatic carbocycles. The molecule has 0 amide bonds. The number of nitrogens with zero attached hydrogens (tertiary/aromatic N) is 2. The van der Waals surface area contributed by atoms with Crippen molar-refractivity contribution >= 4 is 11.3 Å². The van der Waals surface area contributed by atoms with Crippen molar-refractivity contribution in [2.24, 2.45) is 5.92 Å². The van der Waals surface area contributed by atoms with Gasteiger partial charge in [-0.1, -0.05) is 30.3 Å². The van der Waals surface area contributed by atoms with Gasteiger partial charge in [0.1, 0.15) is 5.01 Å². The van der Waals surface area contributed by atoms with Gasteiger partial charge in [0.25, 0.3) is 0 Å². The second-order valence-electron chi connectivity index (χ2n) is 6.17. The molecule has 110 valence electrons. The molecule has 21 heavy (non-hydrogen) atoms. The van der Waals surface area contributed by atoms with Gasteiger partial charge in [-0.2, -0.15) is 0 Å². The summed E-state index contributed by atoms with van der Waals surface area (Å²) in [6.45, 7) is 4.61. The third-order valence-corrected chi connectivity index (χ3v) is 5.57. The van der Waals surface area contributed by atoms with Crippen LogP contribution in [0.4, 0.5) is 0 Å². The van der Waals surface area contributed by atoms with E-state index in [1.165, 1.54) is 43.7 Å². The number of nitrogens with one attached hydrogen (secondary N) is 1. The van der Waals surface area contributed by atoms with Crippen molar-refractivity contribution in [1.82, 2.24) is 15.2 Å². The van der Waals surface area contributed by atoms with Crippen LogP contribution in [-0.2, 0) is 6.54 Å². The van der Waals surface area contributed by atoms with Crippen LogP contribution in [0.3, 0.4) is 0 Å². The highest BCUT2D eigenvalue weighted by Gasteiger charge is 2.34. The van der Waals surface area contributed by atoms with Gasteiger partial charge in [-0.25, -0.2) is 4.98 Å². The van der Waals surface area contributed by atoms with Crippen LogP contribution in [-0.4, -0.2) is 35.6 Å². The standard InChI is InChI=1S/C17H21N3S/c1-2-5-13(6-3-1)17-19-15(12-21-17)10-20-9-14-7-4-8-18-16(14)11-20/h1-3,5-6,12,14,16,18H,4,7-11H2/t14-,16+/m0/s1. The lowest BCUT2D eigenvalue weighted by Gasteiger charge is -2.24. The Hall–Kier alpha value is -1.23. The molecule has 2 aliphatic heterocycles. The van der Waals surface area contributed by atoms with E-state index in [1.54, 1.807) is 11.3 Å². The van der Waals surface area contributed by atoms with E-state index >= 15 is 0 Å². The SMILES string of the molecule is c1ccc(-c2nc(CN3C[C@@H]4CCCN[C@@H]4C3)cs2)cc1. The van der Waals surface area contributed by atoms with Crippen molar-refractivity contribution < 1.29 is 0 Å². The zero-order valence-corrected chi connectivity index (χ0v) is 13.0. The van der Waals surface area contributed by atoms with Gasteiger partial charge < -0.3 is 5.32 Å². The second-order valence-corrected chi connectivity index (χ2v) is 7.03. The van der Waals surface area contributed by atoms with Gasteiger partial charge in [-0.3, -0.25) is 4.90 Å². The van der Waals surface area contributed by atoms with Crippen molar-refractivity contribution in [1.29, 1.82) is 0 Å². The Morgan fingerprint density at radius 1 is 1.24 bits per heavy atom. The predicted octanol–water partition coefficient (Wildman–Crippen LogP) is 2.99. The summed E-state index contributed by atoms with van der Waals surface area (Å²) >= 11 is 1.76. The number of aromatic nitrogens is 1. The molecular formula is C17H21N3S. The highest BCUT2D eigenvalue weighted by Crippen LogP contribution is 2.28. The smallest absolute Gasteiger partial charge is 0.123 e. The zero-order chi connectivity index (χ0) is 14.1. The first-order chi connectivity index (χ1) is 10.4. The monoisotopic (exact) mass is 299 g/mol. The van der Waals surface area contributed by atoms with Gasteiger partial charge in [0, 0.05) is 36.6 Å². The Balaban J connectivity index is 1.43. The fourth-order valence-electron chi connectivity index (χ4n) is 3.59. The average molecular weight is 299 g/mol. The van der Waals surface area contributed by atoms with Crippen LogP contribution in [0, 0.1) is 5.92 Å². The van der Waals surface area contributed by atoms with Gasteiger partial charge >= 0.3 is 0 Å². The molecule has 0 spiro atoms. The summed E-state index contributed by atoms with van der Waals surface area (Å²) in [4.78, 5) is 7.38. The molecule has 0 aliphatic carbocycles. The minimum absolute atomic E-state index is 0.714. The van der Waals surface area contributed by atoms with Crippen molar-refractivity contribution in [3.8, 4) is 10.6 Å². The zero-order valence-electron chi connectivity index (χ0n) is 12.2. The lowest BCUT2D eigenvalue weighted by Crippen LogP contribution is -2.40. The molecule has 1 N–H and O–H groups in total. The Morgan fingerprint density at radius 2 is 2.14 bits per heavy atom. The van der Waals surface area contributed by atoms with Crippen LogP contribution in [0.1, 0.15) is 18.5 Å². The van der Waals surface area contributed by atoms with Gasteiger partial charge in [0.2, 0.25) is 0 Å². The van der Waals surface area contributed by atoms with E-state index in [9.17, 15) is 0 Å². The quantitative estimate of drug-likeness (QED) is 0.944. The van der Waals surface area contributed by atoms with Gasteiger partial charge in [0.05, 0.1) is 5.69 Å². The summed E-state index contributed by atoms with van der Waals surface area (Å²) in [5, 5.41) is 7.03. The van der Waals surface area contributed by atoms with E-state index in [2.05, 4.69) is 45.9 Å². The van der Waals surface area contributed by atoms with Crippen molar-refractivity contribution in [2.75, 3.05) is 19.6 Å². The van der Waals surface area contributed by atoms with Gasteiger partial charge in [0.15, 0.2) is 0 Å². The molecule has 0 radical (unpaired) electrons. The molecule has 3 heterocycles. The number of hydrogen-bond acceptors (Lipinski definition) is 4. The Kier molecular flexibility index (Phi) is 3.76. The average Bonchev–Trinajstić information content (AvgIpc) is 3.14.